The van der Waals surface area contributed by atoms with Crippen molar-refractivity contribution in [2.45, 2.75) is 23.8 Å². The Morgan fingerprint density at radius 3 is 2.48 bits per heavy atom. The Kier molecular flexibility index (Phi) is 5.00. The van der Waals surface area contributed by atoms with E-state index in [0.717, 1.165) is 11.1 Å². The molecule has 1 atom stereocenters. The molecule has 0 radical (unpaired) electrons. The highest BCUT2D eigenvalue weighted by Gasteiger charge is 2.37. The standard InChI is InChI=1S/C21H19ClN2O2S/c22-19-7-3-4-8-21(19)27(25,26)24-14-11-17-5-1-2-6-18(17)20(24)15-16-9-12-23-13-10-16/h1-10,12-13,20H,11,14-15H2. The maximum atomic E-state index is 13.4. The van der Waals surface area contributed by atoms with Gasteiger partial charge < -0.3 is 0 Å². The van der Waals surface area contributed by atoms with Crippen molar-refractivity contribution in [2.24, 2.45) is 0 Å². The molecule has 6 heteroatoms. The molecule has 0 amide bonds. The molecule has 138 valence electrons. The van der Waals surface area contributed by atoms with Gasteiger partial charge in [-0.15, -0.1) is 0 Å². The molecule has 4 nitrogen and oxygen atoms in total. The zero-order valence-electron chi connectivity index (χ0n) is 14.6. The van der Waals surface area contributed by atoms with Crippen LogP contribution in [0.2, 0.25) is 5.02 Å². The lowest BCUT2D eigenvalue weighted by molar-refractivity contribution is 0.306. The number of fused-ring (bicyclic) bond motifs is 1. The van der Waals surface area contributed by atoms with Crippen LogP contribution in [0, 0.1) is 0 Å². The lowest BCUT2D eigenvalue weighted by Crippen LogP contribution is -2.41. The predicted molar refractivity (Wildman–Crippen MR) is 106 cm³/mol. The molecule has 2 heterocycles. The van der Waals surface area contributed by atoms with E-state index in [1.54, 1.807) is 41.0 Å². The van der Waals surface area contributed by atoms with E-state index in [1.807, 2.05) is 30.3 Å². The minimum absolute atomic E-state index is 0.158. The SMILES string of the molecule is O=S(=O)(c1ccccc1Cl)N1CCc2ccccc2C1Cc1ccncc1. The highest BCUT2D eigenvalue weighted by atomic mass is 35.5. The van der Waals surface area contributed by atoms with E-state index in [4.69, 9.17) is 11.6 Å². The Balaban J connectivity index is 1.80. The Labute approximate surface area is 164 Å². The highest BCUT2D eigenvalue weighted by molar-refractivity contribution is 7.89. The summed E-state index contributed by atoms with van der Waals surface area (Å²) in [6, 6.07) is 18.3. The van der Waals surface area contributed by atoms with Gasteiger partial charge in [0.25, 0.3) is 0 Å². The Morgan fingerprint density at radius 1 is 1.00 bits per heavy atom. The first kappa shape index (κ1) is 18.2. The second kappa shape index (κ2) is 7.43. The maximum absolute atomic E-state index is 13.4. The number of rotatable bonds is 4. The molecule has 3 aromatic rings. The summed E-state index contributed by atoms with van der Waals surface area (Å²) in [4.78, 5) is 4.22. The Morgan fingerprint density at radius 2 is 1.70 bits per heavy atom. The van der Waals surface area contributed by atoms with Crippen molar-refractivity contribution in [3.63, 3.8) is 0 Å². The van der Waals surface area contributed by atoms with Crippen LogP contribution in [0.5, 0.6) is 0 Å². The minimum atomic E-state index is -3.72. The Hall–Kier alpha value is -2.21. The third-order valence-electron chi connectivity index (χ3n) is 4.96. The van der Waals surface area contributed by atoms with Gasteiger partial charge in [0.2, 0.25) is 10.0 Å². The van der Waals surface area contributed by atoms with E-state index in [-0.39, 0.29) is 16.0 Å². The van der Waals surface area contributed by atoms with Crippen molar-refractivity contribution in [2.75, 3.05) is 6.54 Å². The van der Waals surface area contributed by atoms with Crippen molar-refractivity contribution in [3.05, 3.63) is 94.8 Å². The van der Waals surface area contributed by atoms with Crippen LogP contribution in [-0.2, 0) is 22.9 Å². The van der Waals surface area contributed by atoms with Crippen LogP contribution in [0.1, 0.15) is 22.7 Å². The van der Waals surface area contributed by atoms with E-state index < -0.39 is 10.0 Å². The summed E-state index contributed by atoms with van der Waals surface area (Å²) in [6.45, 7) is 0.431. The van der Waals surface area contributed by atoms with Crippen molar-refractivity contribution in [1.82, 2.24) is 9.29 Å². The molecule has 1 aliphatic heterocycles. The van der Waals surface area contributed by atoms with Gasteiger partial charge in [-0.1, -0.05) is 48.0 Å². The third-order valence-corrected chi connectivity index (χ3v) is 7.37. The van der Waals surface area contributed by atoms with E-state index in [2.05, 4.69) is 11.1 Å². The van der Waals surface area contributed by atoms with Gasteiger partial charge in [0.15, 0.2) is 0 Å². The van der Waals surface area contributed by atoms with Gasteiger partial charge in [-0.3, -0.25) is 4.98 Å². The fourth-order valence-electron chi connectivity index (χ4n) is 3.65. The summed E-state index contributed by atoms with van der Waals surface area (Å²) < 4.78 is 28.5. The average molecular weight is 399 g/mol. The van der Waals surface area contributed by atoms with Crippen molar-refractivity contribution < 1.29 is 8.42 Å². The molecule has 27 heavy (non-hydrogen) atoms. The quantitative estimate of drug-likeness (QED) is 0.659. The average Bonchev–Trinajstić information content (AvgIpc) is 2.69. The van der Waals surface area contributed by atoms with Gasteiger partial charge in [-0.05, 0) is 53.8 Å². The number of pyridine rings is 1. The fourth-order valence-corrected chi connectivity index (χ4v) is 5.75. The smallest absolute Gasteiger partial charge is 0.245 e. The number of hydrogen-bond acceptors (Lipinski definition) is 3. The molecule has 1 aromatic heterocycles. The first-order chi connectivity index (χ1) is 13.1. The molecular formula is C21H19ClN2O2S. The summed E-state index contributed by atoms with van der Waals surface area (Å²) in [5.41, 5.74) is 3.30. The second-order valence-corrected chi connectivity index (χ2v) is 8.84. The fraction of sp³-hybridized carbons (Fsp3) is 0.190. The van der Waals surface area contributed by atoms with Gasteiger partial charge in [-0.25, -0.2) is 8.42 Å². The topological polar surface area (TPSA) is 50.3 Å². The molecule has 1 unspecified atom stereocenters. The highest BCUT2D eigenvalue weighted by Crippen LogP contribution is 2.37. The number of hydrogen-bond donors (Lipinski definition) is 0. The second-order valence-electron chi connectivity index (χ2n) is 6.57. The third kappa shape index (κ3) is 3.50. The lowest BCUT2D eigenvalue weighted by Gasteiger charge is -2.36. The van der Waals surface area contributed by atoms with E-state index in [1.165, 1.54) is 5.56 Å². The van der Waals surface area contributed by atoms with Gasteiger partial charge in [-0.2, -0.15) is 4.31 Å². The van der Waals surface area contributed by atoms with E-state index in [0.29, 0.717) is 19.4 Å². The molecule has 0 saturated heterocycles. The van der Waals surface area contributed by atoms with Crippen molar-refractivity contribution >= 4 is 21.6 Å². The summed E-state index contributed by atoms with van der Waals surface area (Å²) in [6.07, 6.45) is 4.74. The molecular weight excluding hydrogens is 380 g/mol. The lowest BCUT2D eigenvalue weighted by atomic mass is 9.90. The van der Waals surface area contributed by atoms with Gasteiger partial charge in [0.05, 0.1) is 11.1 Å². The molecule has 0 bridgehead atoms. The molecule has 4 rings (SSSR count). The maximum Gasteiger partial charge on any atom is 0.245 e. The number of aromatic nitrogens is 1. The zero-order valence-corrected chi connectivity index (χ0v) is 16.2. The van der Waals surface area contributed by atoms with Crippen LogP contribution >= 0.6 is 11.6 Å². The largest absolute Gasteiger partial charge is 0.265 e. The van der Waals surface area contributed by atoms with Gasteiger partial charge >= 0.3 is 0 Å². The molecule has 2 aromatic carbocycles. The first-order valence-corrected chi connectivity index (χ1v) is 10.6. The van der Waals surface area contributed by atoms with Gasteiger partial charge in [0.1, 0.15) is 4.90 Å². The number of sulfonamides is 1. The Bertz CT molecular complexity index is 1050. The predicted octanol–water partition coefficient (Wildman–Crippen LogP) is 4.27. The molecule has 0 spiro atoms. The minimum Gasteiger partial charge on any atom is -0.265 e. The first-order valence-electron chi connectivity index (χ1n) is 8.80. The van der Waals surface area contributed by atoms with Crippen LogP contribution in [-0.4, -0.2) is 24.3 Å². The number of nitrogens with zero attached hydrogens (tertiary/aromatic N) is 2. The summed E-state index contributed by atoms with van der Waals surface area (Å²) >= 11 is 6.22. The normalized spacial score (nSPS) is 17.4. The van der Waals surface area contributed by atoms with Crippen LogP contribution in [0.25, 0.3) is 0 Å². The van der Waals surface area contributed by atoms with Crippen LogP contribution in [0.4, 0.5) is 0 Å². The molecule has 0 fully saturated rings. The summed E-state index contributed by atoms with van der Waals surface area (Å²) in [5, 5.41) is 0.249. The molecule has 0 aliphatic carbocycles. The monoisotopic (exact) mass is 398 g/mol. The summed E-state index contributed by atoms with van der Waals surface area (Å²) in [7, 11) is -3.72. The van der Waals surface area contributed by atoms with Crippen molar-refractivity contribution in [3.8, 4) is 0 Å². The number of benzene rings is 2. The van der Waals surface area contributed by atoms with Gasteiger partial charge in [0, 0.05) is 18.9 Å². The zero-order chi connectivity index (χ0) is 18.9. The van der Waals surface area contributed by atoms with Crippen LogP contribution in [0.15, 0.2) is 78.0 Å². The van der Waals surface area contributed by atoms with E-state index in [9.17, 15) is 8.42 Å². The van der Waals surface area contributed by atoms with Crippen LogP contribution in [0.3, 0.4) is 0 Å². The van der Waals surface area contributed by atoms with Crippen LogP contribution < -0.4 is 0 Å². The molecule has 1 aliphatic rings. The summed E-state index contributed by atoms with van der Waals surface area (Å²) in [5.74, 6) is 0. The molecule has 0 N–H and O–H groups in total. The van der Waals surface area contributed by atoms with E-state index >= 15 is 0 Å². The van der Waals surface area contributed by atoms with Crippen molar-refractivity contribution in [1.29, 1.82) is 0 Å². The number of halogens is 1. The molecule has 0 saturated carbocycles.